The first kappa shape index (κ1) is 16.9. The maximum atomic E-state index is 8.84. The normalized spacial score (nSPS) is 10.4. The van der Waals surface area contributed by atoms with Gasteiger partial charge in [-0.3, -0.25) is 0 Å². The Balaban J connectivity index is 1.50. The number of nitriles is 1. The van der Waals surface area contributed by atoms with Gasteiger partial charge < -0.3 is 5.32 Å². The molecule has 1 N–H and O–H groups in total. The summed E-state index contributed by atoms with van der Waals surface area (Å²) in [6, 6.07) is 24.8. The monoisotopic (exact) mass is 327 g/mol. The van der Waals surface area contributed by atoms with Gasteiger partial charge in [0.2, 0.25) is 0 Å². The molecule has 0 aliphatic heterocycles. The molecule has 0 bridgehead atoms. The highest BCUT2D eigenvalue weighted by Gasteiger charge is 2.01. The number of aryl methyl sites for hydroxylation is 1. The van der Waals surface area contributed by atoms with Crippen LogP contribution in [0.4, 0.5) is 0 Å². The molecular weight excluding hydrogens is 306 g/mol. The molecule has 0 fully saturated rings. The number of nitrogens with one attached hydrogen (secondary N) is 1. The van der Waals surface area contributed by atoms with Gasteiger partial charge in [0.25, 0.3) is 0 Å². The van der Waals surface area contributed by atoms with Crippen LogP contribution >= 0.6 is 0 Å². The first-order valence-corrected chi connectivity index (χ1v) is 8.55. The van der Waals surface area contributed by atoms with Gasteiger partial charge in [-0.15, -0.1) is 0 Å². The molecule has 1 heterocycles. The number of aromatic nitrogens is 1. The number of hydrogen-bond acceptors (Lipinski definition) is 3. The largest absolute Gasteiger partial charge is 0.313 e. The predicted octanol–water partition coefficient (Wildman–Crippen LogP) is 4.34. The topological polar surface area (TPSA) is 48.7 Å². The van der Waals surface area contributed by atoms with Gasteiger partial charge in [-0.2, -0.15) is 5.26 Å². The summed E-state index contributed by atoms with van der Waals surface area (Å²) in [6.45, 7) is 1.85. The molecule has 124 valence electrons. The second-order valence-corrected chi connectivity index (χ2v) is 6.01. The lowest BCUT2D eigenvalue weighted by Crippen LogP contribution is -2.15. The number of pyridine rings is 1. The molecule has 0 amide bonds. The van der Waals surface area contributed by atoms with Crippen LogP contribution in [0.5, 0.6) is 0 Å². The first-order chi connectivity index (χ1) is 12.3. The van der Waals surface area contributed by atoms with E-state index >= 15 is 0 Å². The van der Waals surface area contributed by atoms with Crippen LogP contribution in [-0.2, 0) is 13.0 Å². The van der Waals surface area contributed by atoms with Gasteiger partial charge in [-0.1, -0.05) is 48.5 Å². The molecule has 0 spiro atoms. The van der Waals surface area contributed by atoms with E-state index in [1.54, 1.807) is 12.3 Å². The van der Waals surface area contributed by atoms with Crippen LogP contribution in [0.25, 0.3) is 11.1 Å². The van der Waals surface area contributed by atoms with Crippen molar-refractivity contribution in [3.63, 3.8) is 0 Å². The molecule has 0 aliphatic rings. The number of nitrogens with zero attached hydrogens (tertiary/aromatic N) is 2. The fourth-order valence-electron chi connectivity index (χ4n) is 2.79. The second-order valence-electron chi connectivity index (χ2n) is 6.01. The molecule has 1 aromatic heterocycles. The zero-order valence-electron chi connectivity index (χ0n) is 14.2. The third kappa shape index (κ3) is 5.00. The van der Waals surface area contributed by atoms with Gasteiger partial charge in [-0.25, -0.2) is 4.98 Å². The second kappa shape index (κ2) is 8.77. The summed E-state index contributed by atoms with van der Waals surface area (Å²) in [4.78, 5) is 4.14. The van der Waals surface area contributed by atoms with Crippen LogP contribution in [0.1, 0.15) is 23.2 Å². The summed E-state index contributed by atoms with van der Waals surface area (Å²) in [5.74, 6) is 0. The fourth-order valence-corrected chi connectivity index (χ4v) is 2.79. The summed E-state index contributed by atoms with van der Waals surface area (Å²) in [6.07, 6.45) is 3.99. The molecule has 0 radical (unpaired) electrons. The van der Waals surface area contributed by atoms with Crippen molar-refractivity contribution in [1.29, 1.82) is 5.26 Å². The molecule has 3 heteroatoms. The van der Waals surface area contributed by atoms with E-state index < -0.39 is 0 Å². The van der Waals surface area contributed by atoms with Crippen LogP contribution < -0.4 is 5.32 Å². The van der Waals surface area contributed by atoms with E-state index in [0.717, 1.165) is 37.1 Å². The summed E-state index contributed by atoms with van der Waals surface area (Å²) in [5.41, 5.74) is 5.24. The van der Waals surface area contributed by atoms with Crippen molar-refractivity contribution in [2.75, 3.05) is 6.54 Å². The summed E-state index contributed by atoms with van der Waals surface area (Å²) in [7, 11) is 0. The molecule has 3 aromatic rings. The molecule has 3 nitrogen and oxygen atoms in total. The van der Waals surface area contributed by atoms with Crippen LogP contribution in [0.2, 0.25) is 0 Å². The molecule has 0 aliphatic carbocycles. The Morgan fingerprint density at radius 3 is 2.48 bits per heavy atom. The lowest BCUT2D eigenvalue weighted by molar-refractivity contribution is 0.649. The smallest absolute Gasteiger partial charge is 0.140 e. The quantitative estimate of drug-likeness (QED) is 0.657. The average Bonchev–Trinajstić information content (AvgIpc) is 2.69. The average molecular weight is 327 g/mol. The standard InChI is InChI=1S/C22H21N3/c23-15-22-12-11-21(17-25-22)20-10-4-8-19(14-20)16-24-13-5-9-18-6-2-1-3-7-18/h1-4,6-8,10-12,14,17,24H,5,9,13,16H2. The third-order valence-corrected chi connectivity index (χ3v) is 4.13. The highest BCUT2D eigenvalue weighted by molar-refractivity contribution is 5.63. The Morgan fingerprint density at radius 2 is 1.72 bits per heavy atom. The van der Waals surface area contributed by atoms with E-state index in [4.69, 9.17) is 5.26 Å². The molecule has 0 unspecified atom stereocenters. The van der Waals surface area contributed by atoms with Crippen LogP contribution in [0, 0.1) is 11.3 Å². The minimum absolute atomic E-state index is 0.444. The Morgan fingerprint density at radius 1 is 0.880 bits per heavy atom. The lowest BCUT2D eigenvalue weighted by Gasteiger charge is -2.08. The van der Waals surface area contributed by atoms with E-state index in [2.05, 4.69) is 64.9 Å². The Labute approximate surface area is 149 Å². The Bertz CT molecular complexity index is 833. The van der Waals surface area contributed by atoms with E-state index in [1.807, 2.05) is 12.1 Å². The molecule has 0 saturated carbocycles. The van der Waals surface area contributed by atoms with Crippen molar-refractivity contribution in [2.24, 2.45) is 0 Å². The molecule has 2 aromatic carbocycles. The summed E-state index contributed by atoms with van der Waals surface area (Å²) in [5, 5.41) is 12.3. The van der Waals surface area contributed by atoms with E-state index in [0.29, 0.717) is 5.69 Å². The Kier molecular flexibility index (Phi) is 5.92. The van der Waals surface area contributed by atoms with Gasteiger partial charge in [0.15, 0.2) is 0 Å². The molecular formula is C22H21N3. The minimum atomic E-state index is 0.444. The van der Waals surface area contributed by atoms with Gasteiger partial charge >= 0.3 is 0 Å². The lowest BCUT2D eigenvalue weighted by atomic mass is 10.0. The molecule has 0 atom stereocenters. The van der Waals surface area contributed by atoms with Crippen LogP contribution in [0.15, 0.2) is 72.9 Å². The zero-order valence-corrected chi connectivity index (χ0v) is 14.2. The third-order valence-electron chi connectivity index (χ3n) is 4.13. The van der Waals surface area contributed by atoms with Crippen molar-refractivity contribution >= 4 is 0 Å². The summed E-state index contributed by atoms with van der Waals surface area (Å²) < 4.78 is 0. The highest BCUT2D eigenvalue weighted by atomic mass is 14.8. The van der Waals surface area contributed by atoms with E-state index in [-0.39, 0.29) is 0 Å². The van der Waals surface area contributed by atoms with Gasteiger partial charge in [0, 0.05) is 18.3 Å². The van der Waals surface area contributed by atoms with Crippen molar-refractivity contribution in [2.45, 2.75) is 19.4 Å². The fraction of sp³-hybridized carbons (Fsp3) is 0.182. The zero-order chi connectivity index (χ0) is 17.3. The first-order valence-electron chi connectivity index (χ1n) is 8.55. The predicted molar refractivity (Wildman–Crippen MR) is 101 cm³/mol. The van der Waals surface area contributed by atoms with Crippen LogP contribution in [0.3, 0.4) is 0 Å². The van der Waals surface area contributed by atoms with E-state index in [9.17, 15) is 0 Å². The highest BCUT2D eigenvalue weighted by Crippen LogP contribution is 2.19. The number of hydrogen-bond donors (Lipinski definition) is 1. The maximum Gasteiger partial charge on any atom is 0.140 e. The van der Waals surface area contributed by atoms with E-state index in [1.165, 1.54) is 11.1 Å². The maximum absolute atomic E-state index is 8.84. The van der Waals surface area contributed by atoms with Crippen molar-refractivity contribution in [3.8, 4) is 17.2 Å². The van der Waals surface area contributed by atoms with Gasteiger partial charge in [0.1, 0.15) is 11.8 Å². The number of benzene rings is 2. The molecule has 0 saturated heterocycles. The van der Waals surface area contributed by atoms with Crippen molar-refractivity contribution < 1.29 is 0 Å². The number of rotatable bonds is 7. The Hall–Kier alpha value is -2.96. The molecule has 3 rings (SSSR count). The SMILES string of the molecule is N#Cc1ccc(-c2cccc(CNCCCc3ccccc3)c2)cn1. The van der Waals surface area contributed by atoms with Crippen molar-refractivity contribution in [3.05, 3.63) is 89.7 Å². The summed E-state index contributed by atoms with van der Waals surface area (Å²) >= 11 is 0. The van der Waals surface area contributed by atoms with Gasteiger partial charge in [-0.05, 0) is 54.3 Å². The minimum Gasteiger partial charge on any atom is -0.313 e. The van der Waals surface area contributed by atoms with Crippen LogP contribution in [-0.4, -0.2) is 11.5 Å². The van der Waals surface area contributed by atoms with Crippen molar-refractivity contribution in [1.82, 2.24) is 10.3 Å². The van der Waals surface area contributed by atoms with Gasteiger partial charge in [0.05, 0.1) is 0 Å². The molecule has 25 heavy (non-hydrogen) atoms.